The van der Waals surface area contributed by atoms with Gasteiger partial charge in [0.15, 0.2) is 5.65 Å². The number of hydrogen-bond acceptors (Lipinski definition) is 4. The van der Waals surface area contributed by atoms with Crippen LogP contribution in [0.5, 0.6) is 5.75 Å². The summed E-state index contributed by atoms with van der Waals surface area (Å²) in [6.07, 6.45) is 3.66. The van der Waals surface area contributed by atoms with E-state index >= 15 is 0 Å². The number of anilines is 2. The molecule has 0 unspecified atom stereocenters. The minimum absolute atomic E-state index is 0.671. The van der Waals surface area contributed by atoms with Crippen LogP contribution < -0.4 is 10.1 Å². The van der Waals surface area contributed by atoms with Crippen molar-refractivity contribution in [3.05, 3.63) is 71.6 Å². The van der Waals surface area contributed by atoms with Gasteiger partial charge in [0.1, 0.15) is 17.3 Å². The lowest BCUT2D eigenvalue weighted by Gasteiger charge is -2.10. The van der Waals surface area contributed by atoms with Gasteiger partial charge in [0.25, 0.3) is 0 Å². The zero-order chi connectivity index (χ0) is 18.1. The fourth-order valence-electron chi connectivity index (χ4n) is 2.90. The van der Waals surface area contributed by atoms with Crippen LogP contribution in [0.15, 0.2) is 60.9 Å². The van der Waals surface area contributed by atoms with E-state index in [1.165, 1.54) is 0 Å². The van der Waals surface area contributed by atoms with E-state index < -0.39 is 0 Å². The summed E-state index contributed by atoms with van der Waals surface area (Å²) in [5.74, 6) is 1.63. The van der Waals surface area contributed by atoms with Crippen molar-refractivity contribution in [3.8, 4) is 17.0 Å². The molecule has 2 aromatic heterocycles. The van der Waals surface area contributed by atoms with Crippen LogP contribution in [0, 0.1) is 6.92 Å². The smallest absolute Gasteiger partial charge is 0.160 e. The highest BCUT2D eigenvalue weighted by molar-refractivity contribution is 6.30. The summed E-state index contributed by atoms with van der Waals surface area (Å²) in [6, 6.07) is 15.4. The Kier molecular flexibility index (Phi) is 4.22. The van der Waals surface area contributed by atoms with Crippen molar-refractivity contribution in [1.29, 1.82) is 0 Å². The third kappa shape index (κ3) is 2.97. The number of imidazole rings is 1. The summed E-state index contributed by atoms with van der Waals surface area (Å²) < 4.78 is 7.36. The van der Waals surface area contributed by atoms with Gasteiger partial charge in [0.2, 0.25) is 0 Å². The maximum absolute atomic E-state index is 6.14. The molecule has 4 aromatic rings. The van der Waals surface area contributed by atoms with Crippen molar-refractivity contribution in [3.63, 3.8) is 0 Å². The van der Waals surface area contributed by atoms with Crippen LogP contribution in [0.3, 0.4) is 0 Å². The van der Waals surface area contributed by atoms with Gasteiger partial charge in [-0.05, 0) is 37.3 Å². The van der Waals surface area contributed by atoms with Gasteiger partial charge in [0.05, 0.1) is 12.8 Å². The number of rotatable bonds is 4. The Morgan fingerprint density at radius 3 is 2.77 bits per heavy atom. The second kappa shape index (κ2) is 6.69. The maximum atomic E-state index is 6.14. The fraction of sp³-hybridized carbons (Fsp3) is 0.100. The molecule has 2 aromatic carbocycles. The highest BCUT2D eigenvalue weighted by Crippen LogP contribution is 2.33. The van der Waals surface area contributed by atoms with Gasteiger partial charge in [-0.1, -0.05) is 29.8 Å². The number of hydrogen-bond donors (Lipinski definition) is 1. The average molecular weight is 365 g/mol. The number of aryl methyl sites for hydroxylation is 1. The first-order valence-electron chi connectivity index (χ1n) is 8.16. The van der Waals surface area contributed by atoms with E-state index in [0.717, 1.165) is 39.9 Å². The predicted molar refractivity (Wildman–Crippen MR) is 104 cm³/mol. The Morgan fingerprint density at radius 2 is 1.96 bits per heavy atom. The molecule has 0 bridgehead atoms. The van der Waals surface area contributed by atoms with Gasteiger partial charge in [-0.25, -0.2) is 4.98 Å². The van der Waals surface area contributed by atoms with Crippen LogP contribution >= 0.6 is 11.6 Å². The number of benzene rings is 2. The molecule has 0 spiro atoms. The third-order valence-corrected chi connectivity index (χ3v) is 4.38. The van der Waals surface area contributed by atoms with Gasteiger partial charge >= 0.3 is 0 Å². The molecule has 0 amide bonds. The fourth-order valence-corrected chi connectivity index (χ4v) is 3.09. The van der Waals surface area contributed by atoms with E-state index in [1.807, 2.05) is 66.1 Å². The number of methoxy groups -OCH3 is 1. The normalized spacial score (nSPS) is 10.9. The summed E-state index contributed by atoms with van der Waals surface area (Å²) >= 11 is 6.14. The van der Waals surface area contributed by atoms with Gasteiger partial charge in [0, 0.05) is 28.7 Å². The lowest BCUT2D eigenvalue weighted by Crippen LogP contribution is -1.98. The minimum atomic E-state index is 0.671. The summed E-state index contributed by atoms with van der Waals surface area (Å²) in [5.41, 5.74) is 4.32. The zero-order valence-corrected chi connectivity index (χ0v) is 15.2. The van der Waals surface area contributed by atoms with Crippen molar-refractivity contribution < 1.29 is 4.74 Å². The van der Waals surface area contributed by atoms with Crippen LogP contribution in [0.1, 0.15) is 5.69 Å². The molecule has 5 nitrogen and oxygen atoms in total. The van der Waals surface area contributed by atoms with Crippen molar-refractivity contribution in [1.82, 2.24) is 14.4 Å². The van der Waals surface area contributed by atoms with E-state index in [-0.39, 0.29) is 0 Å². The van der Waals surface area contributed by atoms with Gasteiger partial charge < -0.3 is 10.1 Å². The van der Waals surface area contributed by atoms with Crippen LogP contribution in [0.25, 0.3) is 16.9 Å². The predicted octanol–water partition coefficient (Wildman–Crippen LogP) is 5.11. The number of nitrogens with one attached hydrogen (secondary N) is 1. The van der Waals surface area contributed by atoms with E-state index in [9.17, 15) is 0 Å². The Morgan fingerprint density at radius 1 is 1.12 bits per heavy atom. The highest BCUT2D eigenvalue weighted by atomic mass is 35.5. The van der Waals surface area contributed by atoms with Crippen LogP contribution in [-0.4, -0.2) is 21.5 Å². The highest BCUT2D eigenvalue weighted by Gasteiger charge is 2.16. The van der Waals surface area contributed by atoms with Crippen molar-refractivity contribution in [2.75, 3.05) is 12.4 Å². The number of ether oxygens (including phenoxy) is 1. The molecule has 0 fully saturated rings. The zero-order valence-electron chi connectivity index (χ0n) is 14.4. The number of halogens is 1. The van der Waals surface area contributed by atoms with Gasteiger partial charge in [-0.3, -0.25) is 9.38 Å². The lowest BCUT2D eigenvalue weighted by atomic mass is 10.1. The van der Waals surface area contributed by atoms with E-state index in [2.05, 4.69) is 10.3 Å². The molecular formula is C20H17ClN4O. The molecule has 4 rings (SSSR count). The van der Waals surface area contributed by atoms with Gasteiger partial charge in [-0.15, -0.1) is 0 Å². The molecule has 130 valence electrons. The first kappa shape index (κ1) is 16.4. The molecule has 2 heterocycles. The Labute approximate surface area is 156 Å². The van der Waals surface area contributed by atoms with Crippen LogP contribution in [-0.2, 0) is 0 Å². The monoisotopic (exact) mass is 364 g/mol. The Bertz CT molecular complexity index is 1090. The number of nitrogens with zero attached hydrogens (tertiary/aromatic N) is 3. The average Bonchev–Trinajstić information content (AvgIpc) is 3.02. The third-order valence-electron chi connectivity index (χ3n) is 4.15. The molecular weight excluding hydrogens is 348 g/mol. The molecule has 1 N–H and O–H groups in total. The molecule has 0 saturated carbocycles. The number of aromatic nitrogens is 3. The van der Waals surface area contributed by atoms with E-state index in [4.69, 9.17) is 21.3 Å². The molecule has 0 aliphatic heterocycles. The molecule has 0 atom stereocenters. The summed E-state index contributed by atoms with van der Waals surface area (Å²) in [7, 11) is 1.65. The molecule has 0 aliphatic rings. The van der Waals surface area contributed by atoms with Crippen LogP contribution in [0.2, 0.25) is 5.02 Å². The molecule has 6 heteroatoms. The summed E-state index contributed by atoms with van der Waals surface area (Å²) in [6.45, 7) is 1.95. The lowest BCUT2D eigenvalue weighted by molar-refractivity contribution is 0.415. The molecule has 0 saturated heterocycles. The van der Waals surface area contributed by atoms with Crippen molar-refractivity contribution in [2.45, 2.75) is 6.92 Å². The topological polar surface area (TPSA) is 51.5 Å². The van der Waals surface area contributed by atoms with E-state index in [0.29, 0.717) is 5.02 Å². The second-order valence-electron chi connectivity index (χ2n) is 5.88. The first-order chi connectivity index (χ1) is 12.7. The van der Waals surface area contributed by atoms with Crippen molar-refractivity contribution in [2.24, 2.45) is 0 Å². The minimum Gasteiger partial charge on any atom is -0.497 e. The molecule has 0 aliphatic carbocycles. The van der Waals surface area contributed by atoms with Gasteiger partial charge in [-0.2, -0.15) is 0 Å². The first-order valence-corrected chi connectivity index (χ1v) is 8.54. The van der Waals surface area contributed by atoms with Crippen molar-refractivity contribution >= 4 is 28.8 Å². The standard InChI is InChI=1S/C20H17ClN4O/c1-13-19-24-18(14-5-3-8-17(11-14)26-2)20(25(19)10-9-22-13)23-16-7-4-6-15(21)12-16/h3-12,23H,1-2H3. The number of fused-ring (bicyclic) bond motifs is 1. The largest absolute Gasteiger partial charge is 0.497 e. The quantitative estimate of drug-likeness (QED) is 0.546. The maximum Gasteiger partial charge on any atom is 0.160 e. The van der Waals surface area contributed by atoms with E-state index in [1.54, 1.807) is 13.3 Å². The Hall–Kier alpha value is -3.05. The summed E-state index contributed by atoms with van der Waals surface area (Å²) in [4.78, 5) is 9.18. The summed E-state index contributed by atoms with van der Waals surface area (Å²) in [5, 5.41) is 4.12. The Balaban J connectivity index is 1.92. The molecule has 0 radical (unpaired) electrons. The van der Waals surface area contributed by atoms with Crippen LogP contribution in [0.4, 0.5) is 11.5 Å². The second-order valence-corrected chi connectivity index (χ2v) is 6.32. The molecule has 26 heavy (non-hydrogen) atoms. The SMILES string of the molecule is COc1cccc(-c2nc3c(C)nccn3c2Nc2cccc(Cl)c2)c1.